The number of carboxylic acid groups (broad SMARTS) is 1. The standard InChI is InChI=1S/C43H59N7O16S/c1-44-23-31(51)48-29-22-26(9-10-30(29)65-42-39(57)37(55)38(56)40(66-42)41(58)59)24-63-43(60)50(20-21-67(2,61)62)25-64-28-13-18-49(19-14-28)32(52)8-6-4-3-5-7-15-46-33-34(36(54)35(33)53)47-27-11-16-45-17-12-27/h9-12,16-17,22,28,37-40,42,44,46,55-57H,3-8,13-15,18-21,23-25H2,1-2H3,(H,45,47)(H,48,51)(H,58,59)/t37-,38-,39?,40-,42+/m0/s1. The fraction of sp³-hybridized carbons (Fsp3) is 0.558. The Kier molecular flexibility index (Phi) is 19.4. The van der Waals surface area contributed by atoms with E-state index in [0.29, 0.717) is 56.6 Å². The van der Waals surface area contributed by atoms with Crippen molar-refractivity contribution in [1.29, 1.82) is 0 Å². The molecule has 24 heteroatoms. The molecule has 67 heavy (non-hydrogen) atoms. The lowest BCUT2D eigenvalue weighted by atomic mass is 9.99. The van der Waals surface area contributed by atoms with Crippen LogP contribution in [-0.4, -0.2) is 163 Å². The van der Waals surface area contributed by atoms with Gasteiger partial charge in [0.05, 0.1) is 24.1 Å². The van der Waals surface area contributed by atoms with Gasteiger partial charge in [0.15, 0.2) is 6.10 Å². The zero-order valence-corrected chi connectivity index (χ0v) is 38.1. The average Bonchev–Trinajstić information content (AvgIpc) is 3.30. The molecule has 3 heterocycles. The number of amides is 3. The molecule has 3 aromatic rings. The minimum atomic E-state index is -3.50. The van der Waals surface area contributed by atoms with Crippen molar-refractivity contribution in [3.05, 3.63) is 68.7 Å². The number of likely N-dealkylation sites (N-methyl/N-ethyl adjacent to an activating group) is 1. The van der Waals surface area contributed by atoms with Gasteiger partial charge in [-0.05, 0) is 62.6 Å². The monoisotopic (exact) mass is 961 g/mol. The number of carbonyl (C=O) groups excluding carboxylic acids is 3. The highest BCUT2D eigenvalue weighted by Crippen LogP contribution is 2.31. The molecule has 1 unspecified atom stereocenters. The summed E-state index contributed by atoms with van der Waals surface area (Å²) in [5, 5.41) is 51.4. The van der Waals surface area contributed by atoms with E-state index in [1.807, 2.05) is 0 Å². The molecule has 2 aromatic carbocycles. The molecule has 2 aliphatic rings. The molecule has 0 spiro atoms. The number of unbranched alkanes of at least 4 members (excludes halogenated alkanes) is 4. The lowest BCUT2D eigenvalue weighted by molar-refractivity contribution is -0.271. The van der Waals surface area contributed by atoms with Gasteiger partial charge >= 0.3 is 12.1 Å². The maximum Gasteiger partial charge on any atom is 0.411 e. The normalized spacial score (nSPS) is 20.0. The van der Waals surface area contributed by atoms with Crippen LogP contribution in [0.4, 0.5) is 27.5 Å². The first kappa shape index (κ1) is 52.2. The number of aliphatic hydroxyl groups excluding tert-OH is 3. The van der Waals surface area contributed by atoms with Crippen LogP contribution in [0.3, 0.4) is 0 Å². The summed E-state index contributed by atoms with van der Waals surface area (Å²) in [6.07, 6.45) is -1.01. The van der Waals surface area contributed by atoms with Crippen molar-refractivity contribution in [3.8, 4) is 5.75 Å². The number of likely N-dealkylation sites (tertiary alicyclic amines) is 1. The number of carboxylic acids is 1. The van der Waals surface area contributed by atoms with Crippen molar-refractivity contribution in [2.24, 2.45) is 0 Å². The SMILES string of the molecule is CNCC(=O)Nc1cc(COC(=O)N(CCS(C)(=O)=O)COC2CCN(C(=O)CCCCCCCNc3c(Nc4ccncc4)c(=O)c3=O)CC2)ccc1O[C@@H]1O[C@H](C(=O)O)[C@@H](O)[C@H](O)C1O. The van der Waals surface area contributed by atoms with Crippen molar-refractivity contribution in [2.75, 3.05) is 74.5 Å². The van der Waals surface area contributed by atoms with Crippen LogP contribution in [0.5, 0.6) is 5.75 Å². The second-order valence-electron chi connectivity index (χ2n) is 16.3. The molecule has 2 saturated heterocycles. The summed E-state index contributed by atoms with van der Waals surface area (Å²) in [6.45, 7) is 0.379. The van der Waals surface area contributed by atoms with E-state index >= 15 is 0 Å². The van der Waals surface area contributed by atoms with E-state index in [1.54, 1.807) is 29.4 Å². The van der Waals surface area contributed by atoms with Gasteiger partial charge in [-0.3, -0.25) is 29.1 Å². The summed E-state index contributed by atoms with van der Waals surface area (Å²) in [7, 11) is -1.97. The number of hydrogen-bond acceptors (Lipinski definition) is 19. The Morgan fingerprint density at radius 1 is 0.925 bits per heavy atom. The topological polar surface area (TPSA) is 322 Å². The molecule has 8 N–H and O–H groups in total. The van der Waals surface area contributed by atoms with E-state index in [2.05, 4.69) is 26.3 Å². The van der Waals surface area contributed by atoms with Crippen LogP contribution in [-0.2, 0) is 45.0 Å². The second-order valence-corrected chi connectivity index (χ2v) is 18.6. The minimum Gasteiger partial charge on any atom is -0.479 e. The van der Waals surface area contributed by atoms with E-state index in [4.69, 9.17) is 18.9 Å². The number of aliphatic hydroxyl groups is 3. The first-order valence-corrected chi connectivity index (χ1v) is 23.9. The van der Waals surface area contributed by atoms with E-state index in [-0.39, 0.29) is 67.0 Å². The molecule has 3 amide bonds. The molecule has 0 saturated carbocycles. The third-order valence-corrected chi connectivity index (χ3v) is 12.0. The maximum atomic E-state index is 13.3. The predicted molar refractivity (Wildman–Crippen MR) is 241 cm³/mol. The van der Waals surface area contributed by atoms with Crippen LogP contribution in [0.25, 0.3) is 0 Å². The number of nitrogens with zero attached hydrogens (tertiary/aromatic N) is 3. The zero-order valence-electron chi connectivity index (χ0n) is 37.3. The second kappa shape index (κ2) is 24.8. The van der Waals surface area contributed by atoms with Crippen LogP contribution in [0.1, 0.15) is 56.9 Å². The minimum absolute atomic E-state index is 0.00719. The van der Waals surface area contributed by atoms with E-state index < -0.39 is 69.4 Å². The number of nitrogens with one attached hydrogen (secondary N) is 4. The molecule has 5 atom stereocenters. The molecule has 0 bridgehead atoms. The number of rotatable bonds is 25. The number of anilines is 4. The van der Waals surface area contributed by atoms with Crippen molar-refractivity contribution in [2.45, 2.75) is 94.8 Å². The summed E-state index contributed by atoms with van der Waals surface area (Å²) in [5.74, 6) is -2.62. The third-order valence-electron chi connectivity index (χ3n) is 11.1. The average molecular weight is 962 g/mol. The Hall–Kier alpha value is -5.76. The molecule has 1 aromatic heterocycles. The first-order valence-electron chi connectivity index (χ1n) is 21.8. The van der Waals surface area contributed by atoms with Crippen molar-refractivity contribution >= 4 is 56.5 Å². The van der Waals surface area contributed by atoms with E-state index in [0.717, 1.165) is 36.8 Å². The summed E-state index contributed by atoms with van der Waals surface area (Å²) in [5.41, 5.74) is 0.400. The van der Waals surface area contributed by atoms with Gasteiger partial charge in [-0.1, -0.05) is 25.3 Å². The Morgan fingerprint density at radius 3 is 2.30 bits per heavy atom. The predicted octanol–water partition coefficient (Wildman–Crippen LogP) is 0.251. The highest BCUT2D eigenvalue weighted by Gasteiger charge is 2.48. The molecular weight excluding hydrogens is 903 g/mol. The van der Waals surface area contributed by atoms with Crippen LogP contribution in [0.15, 0.2) is 52.3 Å². The zero-order chi connectivity index (χ0) is 48.7. The van der Waals surface area contributed by atoms with Gasteiger partial charge in [0, 0.05) is 56.9 Å². The highest BCUT2D eigenvalue weighted by molar-refractivity contribution is 7.90. The number of benzene rings is 1. The summed E-state index contributed by atoms with van der Waals surface area (Å²) in [4.78, 5) is 81.3. The largest absolute Gasteiger partial charge is 0.479 e. The van der Waals surface area contributed by atoms with Gasteiger partial charge in [0.2, 0.25) is 18.1 Å². The van der Waals surface area contributed by atoms with Crippen LogP contribution >= 0.6 is 0 Å². The number of carbonyl (C=O) groups is 4. The van der Waals surface area contributed by atoms with Crippen LogP contribution in [0.2, 0.25) is 0 Å². The molecule has 2 aliphatic heterocycles. The van der Waals surface area contributed by atoms with Gasteiger partial charge in [-0.2, -0.15) is 0 Å². The van der Waals surface area contributed by atoms with E-state index in [9.17, 15) is 57.6 Å². The van der Waals surface area contributed by atoms with Crippen LogP contribution in [0, 0.1) is 0 Å². The molecule has 368 valence electrons. The number of aliphatic carboxylic acids is 1. The number of pyridine rings is 1. The summed E-state index contributed by atoms with van der Waals surface area (Å²) < 4.78 is 46.5. The molecule has 5 rings (SSSR count). The molecule has 23 nitrogen and oxygen atoms in total. The number of hydrogen-bond donors (Lipinski definition) is 8. The first-order chi connectivity index (χ1) is 31.9. The Labute approximate surface area is 386 Å². The lowest BCUT2D eigenvalue weighted by Gasteiger charge is -2.38. The number of ether oxygens (including phenoxy) is 4. The van der Waals surface area contributed by atoms with E-state index in [1.165, 1.54) is 25.2 Å². The lowest BCUT2D eigenvalue weighted by Crippen LogP contribution is -2.61. The fourth-order valence-corrected chi connectivity index (χ4v) is 7.80. The van der Waals surface area contributed by atoms with Gasteiger partial charge in [-0.15, -0.1) is 0 Å². The molecule has 0 radical (unpaired) electrons. The number of piperidine rings is 1. The van der Waals surface area contributed by atoms with Crippen LogP contribution < -0.4 is 36.9 Å². The smallest absolute Gasteiger partial charge is 0.411 e. The molecular formula is C43H59N7O16S. The van der Waals surface area contributed by atoms with Gasteiger partial charge in [0.1, 0.15) is 58.6 Å². The summed E-state index contributed by atoms with van der Waals surface area (Å²) >= 11 is 0. The van der Waals surface area contributed by atoms with Crippen molar-refractivity contribution < 1.29 is 67.0 Å². The van der Waals surface area contributed by atoms with Gasteiger partial charge in [0.25, 0.3) is 10.9 Å². The van der Waals surface area contributed by atoms with Gasteiger partial charge < -0.3 is 65.5 Å². The quantitative estimate of drug-likeness (QED) is 0.0321. The van der Waals surface area contributed by atoms with Crippen molar-refractivity contribution in [3.63, 3.8) is 0 Å². The Bertz CT molecular complexity index is 2320. The number of aromatic nitrogens is 1. The maximum absolute atomic E-state index is 13.3. The Balaban J connectivity index is 1.04. The Morgan fingerprint density at radius 2 is 1.61 bits per heavy atom. The fourth-order valence-electron chi connectivity index (χ4n) is 7.25. The molecule has 2 fully saturated rings. The highest BCUT2D eigenvalue weighted by atomic mass is 32.2. The summed E-state index contributed by atoms with van der Waals surface area (Å²) in [6, 6.07) is 7.52. The third kappa shape index (κ3) is 15.4. The number of sulfone groups is 1. The molecule has 0 aliphatic carbocycles. The van der Waals surface area contributed by atoms with Crippen molar-refractivity contribution in [1.82, 2.24) is 20.1 Å². The van der Waals surface area contributed by atoms with Gasteiger partial charge in [-0.25, -0.2) is 18.0 Å².